The Kier molecular flexibility index (Phi) is 4.28. The number of nitrogens with zero attached hydrogens (tertiary/aromatic N) is 1. The van der Waals surface area contributed by atoms with Crippen LogP contribution in [0.1, 0.15) is 40.9 Å². The lowest BCUT2D eigenvalue weighted by Crippen LogP contribution is -2.44. The van der Waals surface area contributed by atoms with Crippen LogP contribution < -0.4 is 0 Å². The monoisotopic (exact) mass is 329 g/mol. The topological polar surface area (TPSA) is 38.8 Å². The molecule has 2 heterocycles. The van der Waals surface area contributed by atoms with Gasteiger partial charge in [-0.3, -0.25) is 4.79 Å². The molecule has 1 aliphatic carbocycles. The van der Waals surface area contributed by atoms with Gasteiger partial charge in [-0.15, -0.1) is 11.3 Å². The summed E-state index contributed by atoms with van der Waals surface area (Å²) in [4.78, 5) is 15.1. The molecule has 0 N–H and O–H groups in total. The maximum absolute atomic E-state index is 12.6. The summed E-state index contributed by atoms with van der Waals surface area (Å²) in [5.74, 6) is -0.357. The molecule has 1 saturated heterocycles. The number of ether oxygens (including phenoxy) is 2. The van der Waals surface area contributed by atoms with Crippen LogP contribution in [-0.2, 0) is 9.47 Å². The Morgan fingerprint density at radius 3 is 2.52 bits per heavy atom. The number of thiophene rings is 1. The van der Waals surface area contributed by atoms with Gasteiger partial charge >= 0.3 is 0 Å². The van der Waals surface area contributed by atoms with E-state index in [9.17, 15) is 4.79 Å². The molecule has 1 spiro atoms. The van der Waals surface area contributed by atoms with Crippen LogP contribution in [0.3, 0.4) is 0 Å². The molecular weight excluding hydrogens is 310 g/mol. The number of amides is 1. The second kappa shape index (κ2) is 5.88. The van der Waals surface area contributed by atoms with Gasteiger partial charge in [0.15, 0.2) is 5.79 Å². The smallest absolute Gasteiger partial charge is 0.265 e. The standard InChI is InChI=1S/C15H20ClNO3S/c1-10-9-21-13(12(10)16)14(18)17(2)11-3-5-15(6-4-11)19-7-8-20-15/h9,11H,3-8H2,1-2H3. The van der Waals surface area contributed by atoms with E-state index in [1.165, 1.54) is 11.3 Å². The fourth-order valence-corrected chi connectivity index (χ4v) is 4.37. The van der Waals surface area contributed by atoms with E-state index in [0.717, 1.165) is 31.2 Å². The summed E-state index contributed by atoms with van der Waals surface area (Å²) in [6.45, 7) is 3.29. The van der Waals surface area contributed by atoms with Gasteiger partial charge in [0.2, 0.25) is 0 Å². The molecule has 1 amide bonds. The molecule has 0 atom stereocenters. The minimum absolute atomic E-state index is 0.0207. The molecule has 2 fully saturated rings. The van der Waals surface area contributed by atoms with E-state index in [2.05, 4.69) is 0 Å². The summed E-state index contributed by atoms with van der Waals surface area (Å²) in [5.41, 5.74) is 0.966. The van der Waals surface area contributed by atoms with Crippen molar-refractivity contribution in [2.45, 2.75) is 44.4 Å². The van der Waals surface area contributed by atoms with E-state index in [1.54, 1.807) is 0 Å². The lowest BCUT2D eigenvalue weighted by Gasteiger charge is -2.38. The van der Waals surface area contributed by atoms with E-state index in [1.807, 2.05) is 24.3 Å². The third-order valence-corrected chi connectivity index (χ3v) is 6.18. The maximum Gasteiger partial charge on any atom is 0.265 e. The van der Waals surface area contributed by atoms with Crippen LogP contribution in [0.15, 0.2) is 5.38 Å². The van der Waals surface area contributed by atoms with Crippen LogP contribution in [0.25, 0.3) is 0 Å². The summed E-state index contributed by atoms with van der Waals surface area (Å²) < 4.78 is 11.5. The van der Waals surface area contributed by atoms with Crippen molar-refractivity contribution in [3.63, 3.8) is 0 Å². The first-order valence-electron chi connectivity index (χ1n) is 7.31. The first-order valence-corrected chi connectivity index (χ1v) is 8.57. The number of carbonyl (C=O) groups is 1. The predicted molar refractivity (Wildman–Crippen MR) is 83.1 cm³/mol. The van der Waals surface area contributed by atoms with Gasteiger partial charge in [0.05, 0.1) is 18.2 Å². The molecule has 1 aliphatic heterocycles. The van der Waals surface area contributed by atoms with E-state index in [0.29, 0.717) is 23.1 Å². The predicted octanol–water partition coefficient (Wildman–Crippen LogP) is 3.47. The second-order valence-electron chi connectivity index (χ2n) is 5.82. The van der Waals surface area contributed by atoms with Gasteiger partial charge in [0.1, 0.15) is 4.88 Å². The van der Waals surface area contributed by atoms with Gasteiger partial charge in [-0.25, -0.2) is 0 Å². The first-order chi connectivity index (χ1) is 10.0. The average Bonchev–Trinajstić information content (AvgIpc) is 3.07. The summed E-state index contributed by atoms with van der Waals surface area (Å²) in [6, 6.07) is 0.231. The Labute approximate surface area is 134 Å². The molecule has 3 rings (SSSR count). The molecule has 1 saturated carbocycles. The number of halogens is 1. The molecule has 1 aromatic rings. The van der Waals surface area contributed by atoms with Gasteiger partial charge in [-0.1, -0.05) is 11.6 Å². The second-order valence-corrected chi connectivity index (χ2v) is 7.07. The zero-order chi connectivity index (χ0) is 15.0. The first kappa shape index (κ1) is 15.3. The van der Waals surface area contributed by atoms with E-state index in [4.69, 9.17) is 21.1 Å². The zero-order valence-electron chi connectivity index (χ0n) is 12.4. The molecule has 21 heavy (non-hydrogen) atoms. The van der Waals surface area contributed by atoms with Crippen molar-refractivity contribution in [1.29, 1.82) is 0 Å². The molecule has 4 nitrogen and oxygen atoms in total. The van der Waals surface area contributed by atoms with Gasteiger partial charge < -0.3 is 14.4 Å². The van der Waals surface area contributed by atoms with Gasteiger partial charge in [0, 0.05) is 25.9 Å². The lowest BCUT2D eigenvalue weighted by atomic mass is 9.89. The normalized spacial score (nSPS) is 21.9. The van der Waals surface area contributed by atoms with Crippen LogP contribution in [0, 0.1) is 6.92 Å². The number of hydrogen-bond donors (Lipinski definition) is 0. The van der Waals surface area contributed by atoms with Crippen molar-refractivity contribution >= 4 is 28.8 Å². The highest BCUT2D eigenvalue weighted by Crippen LogP contribution is 2.38. The van der Waals surface area contributed by atoms with Crippen LogP contribution >= 0.6 is 22.9 Å². The number of carbonyl (C=O) groups excluding carboxylic acids is 1. The molecule has 2 aliphatic rings. The number of aryl methyl sites for hydroxylation is 1. The van der Waals surface area contributed by atoms with E-state index >= 15 is 0 Å². The Hall–Kier alpha value is -0.620. The number of hydrogen-bond acceptors (Lipinski definition) is 4. The van der Waals surface area contributed by atoms with Gasteiger partial charge in [-0.05, 0) is 30.7 Å². The molecular formula is C15H20ClNO3S. The van der Waals surface area contributed by atoms with Crippen molar-refractivity contribution in [3.8, 4) is 0 Å². The number of rotatable bonds is 2. The highest BCUT2D eigenvalue weighted by atomic mass is 35.5. The molecule has 0 radical (unpaired) electrons. The summed E-state index contributed by atoms with van der Waals surface area (Å²) in [7, 11) is 1.87. The molecule has 6 heteroatoms. The Morgan fingerprint density at radius 1 is 1.38 bits per heavy atom. The maximum atomic E-state index is 12.6. The molecule has 1 aromatic heterocycles. The van der Waals surface area contributed by atoms with Crippen molar-refractivity contribution in [3.05, 3.63) is 20.8 Å². The molecule has 0 bridgehead atoms. The highest BCUT2D eigenvalue weighted by molar-refractivity contribution is 7.13. The summed E-state index contributed by atoms with van der Waals surface area (Å²) in [6.07, 6.45) is 3.52. The van der Waals surface area contributed by atoms with Crippen molar-refractivity contribution in [2.75, 3.05) is 20.3 Å². The Balaban J connectivity index is 1.65. The molecule has 116 valence electrons. The van der Waals surface area contributed by atoms with Gasteiger partial charge in [-0.2, -0.15) is 0 Å². The summed E-state index contributed by atoms with van der Waals surface area (Å²) in [5, 5.41) is 2.52. The van der Waals surface area contributed by atoms with Crippen LogP contribution in [-0.4, -0.2) is 42.9 Å². The Bertz CT molecular complexity index is 529. The molecule has 0 aromatic carbocycles. The van der Waals surface area contributed by atoms with Crippen molar-refractivity contribution in [1.82, 2.24) is 4.90 Å². The third kappa shape index (κ3) is 2.84. The van der Waals surface area contributed by atoms with Gasteiger partial charge in [0.25, 0.3) is 5.91 Å². The fourth-order valence-electron chi connectivity index (χ4n) is 3.12. The minimum Gasteiger partial charge on any atom is -0.348 e. The van der Waals surface area contributed by atoms with E-state index in [-0.39, 0.29) is 17.7 Å². The highest BCUT2D eigenvalue weighted by Gasteiger charge is 2.41. The van der Waals surface area contributed by atoms with Crippen LogP contribution in [0.4, 0.5) is 0 Å². The summed E-state index contributed by atoms with van der Waals surface area (Å²) >= 11 is 7.63. The van der Waals surface area contributed by atoms with E-state index < -0.39 is 0 Å². The minimum atomic E-state index is -0.377. The lowest BCUT2D eigenvalue weighted by molar-refractivity contribution is -0.182. The SMILES string of the molecule is Cc1csc(C(=O)N(C)C2CCC3(CC2)OCCO3)c1Cl. The Morgan fingerprint density at radius 2 is 2.00 bits per heavy atom. The quantitative estimate of drug-likeness (QED) is 0.834. The van der Waals surface area contributed by atoms with Crippen LogP contribution in [0.2, 0.25) is 5.02 Å². The zero-order valence-corrected chi connectivity index (χ0v) is 13.9. The third-order valence-electron chi connectivity index (χ3n) is 4.49. The molecule has 0 unspecified atom stereocenters. The largest absolute Gasteiger partial charge is 0.348 e. The van der Waals surface area contributed by atoms with Crippen molar-refractivity contribution < 1.29 is 14.3 Å². The fraction of sp³-hybridized carbons (Fsp3) is 0.667. The average molecular weight is 330 g/mol. The van der Waals surface area contributed by atoms with Crippen molar-refractivity contribution in [2.24, 2.45) is 0 Å². The van der Waals surface area contributed by atoms with Crippen LogP contribution in [0.5, 0.6) is 0 Å².